The van der Waals surface area contributed by atoms with Crippen molar-refractivity contribution in [2.24, 2.45) is 0 Å². The molecule has 0 aliphatic carbocycles. The number of para-hydroxylation sites is 2. The molecule has 0 bridgehead atoms. The van der Waals surface area contributed by atoms with Gasteiger partial charge in [0.15, 0.2) is 0 Å². The average molecular weight is 277 g/mol. The lowest BCUT2D eigenvalue weighted by Crippen LogP contribution is -1.92. The lowest BCUT2D eigenvalue weighted by molar-refractivity contribution is 1.52. The van der Waals surface area contributed by atoms with Gasteiger partial charge < -0.3 is 16.8 Å². The maximum Gasteiger partial charge on any atom is 0.0385 e. The highest BCUT2D eigenvalue weighted by atomic mass is 14.9. The molecule has 106 valence electrons. The lowest BCUT2D eigenvalue weighted by atomic mass is 10.2. The summed E-state index contributed by atoms with van der Waals surface area (Å²) in [6.07, 6.45) is 0. The lowest BCUT2D eigenvalue weighted by Gasteiger charge is -2.09. The van der Waals surface area contributed by atoms with Gasteiger partial charge in [0.05, 0.1) is 0 Å². The van der Waals surface area contributed by atoms with Crippen molar-refractivity contribution >= 4 is 22.7 Å². The molecule has 0 aliphatic rings. The summed E-state index contributed by atoms with van der Waals surface area (Å²) >= 11 is 0. The van der Waals surface area contributed by atoms with Gasteiger partial charge in [-0.05, 0) is 48.5 Å². The van der Waals surface area contributed by atoms with E-state index in [1.807, 2.05) is 36.4 Å². The van der Waals surface area contributed by atoms with E-state index in [1.54, 1.807) is 0 Å². The Labute approximate surface area is 125 Å². The molecule has 3 heteroatoms. The fourth-order valence-corrected chi connectivity index (χ4v) is 2.01. The molecule has 3 nitrogen and oxygen atoms in total. The molecule has 0 aromatic heterocycles. The van der Waals surface area contributed by atoms with Crippen LogP contribution >= 0.6 is 0 Å². The van der Waals surface area contributed by atoms with E-state index in [2.05, 4.69) is 59.2 Å². The highest BCUT2D eigenvalue weighted by molar-refractivity contribution is 5.65. The standard InChI is InChI=1S/C18H16N2.H3N/c1-3-7-15(8-4-1)19-17-11-13-18(14-12-17)20-16-9-5-2-6-10-16;/h1-14,19-20H;1H3. The Kier molecular flexibility index (Phi) is 4.96. The summed E-state index contributed by atoms with van der Waals surface area (Å²) in [5, 5.41) is 6.73. The van der Waals surface area contributed by atoms with Crippen molar-refractivity contribution in [1.29, 1.82) is 0 Å². The smallest absolute Gasteiger partial charge is 0.0385 e. The molecule has 0 heterocycles. The molecule has 0 spiro atoms. The van der Waals surface area contributed by atoms with Crippen LogP contribution in [0.4, 0.5) is 22.7 Å². The van der Waals surface area contributed by atoms with Crippen LogP contribution in [0.15, 0.2) is 84.9 Å². The molecule has 0 atom stereocenters. The second kappa shape index (κ2) is 7.12. The van der Waals surface area contributed by atoms with Crippen LogP contribution in [0.1, 0.15) is 0 Å². The van der Waals surface area contributed by atoms with Gasteiger partial charge in [0.2, 0.25) is 0 Å². The molecule has 3 aromatic carbocycles. The van der Waals surface area contributed by atoms with Crippen LogP contribution < -0.4 is 16.8 Å². The fraction of sp³-hybridized carbons (Fsp3) is 0. The van der Waals surface area contributed by atoms with Crippen molar-refractivity contribution in [2.75, 3.05) is 10.6 Å². The Morgan fingerprint density at radius 1 is 0.381 bits per heavy atom. The van der Waals surface area contributed by atoms with Gasteiger partial charge in [-0.15, -0.1) is 0 Å². The van der Waals surface area contributed by atoms with Crippen molar-refractivity contribution in [3.8, 4) is 0 Å². The first-order valence-electron chi connectivity index (χ1n) is 6.64. The zero-order chi connectivity index (χ0) is 13.6. The number of hydrogen-bond acceptors (Lipinski definition) is 3. The molecule has 0 saturated carbocycles. The molecular weight excluding hydrogens is 258 g/mol. The van der Waals surface area contributed by atoms with Gasteiger partial charge in [-0.2, -0.15) is 0 Å². The summed E-state index contributed by atoms with van der Waals surface area (Å²) in [5.41, 5.74) is 4.34. The monoisotopic (exact) mass is 277 g/mol. The summed E-state index contributed by atoms with van der Waals surface area (Å²) in [7, 11) is 0. The predicted molar refractivity (Wildman–Crippen MR) is 90.9 cm³/mol. The van der Waals surface area contributed by atoms with Crippen LogP contribution in [-0.2, 0) is 0 Å². The summed E-state index contributed by atoms with van der Waals surface area (Å²) in [6, 6.07) is 28.6. The maximum absolute atomic E-state index is 3.37. The Balaban J connectivity index is 0.00000161. The third-order valence-corrected chi connectivity index (χ3v) is 3.01. The second-order valence-corrected chi connectivity index (χ2v) is 4.56. The molecule has 0 radical (unpaired) electrons. The summed E-state index contributed by atoms with van der Waals surface area (Å²) in [4.78, 5) is 0. The number of benzene rings is 3. The Morgan fingerprint density at radius 3 is 1.00 bits per heavy atom. The molecule has 0 amide bonds. The summed E-state index contributed by atoms with van der Waals surface area (Å²) < 4.78 is 0. The van der Waals surface area contributed by atoms with Gasteiger partial charge in [-0.1, -0.05) is 36.4 Å². The third kappa shape index (κ3) is 4.09. The van der Waals surface area contributed by atoms with E-state index < -0.39 is 0 Å². The normalized spacial score (nSPS) is 9.52. The highest BCUT2D eigenvalue weighted by Gasteiger charge is 1.96. The van der Waals surface area contributed by atoms with Crippen molar-refractivity contribution in [2.45, 2.75) is 0 Å². The van der Waals surface area contributed by atoms with E-state index >= 15 is 0 Å². The first-order valence-corrected chi connectivity index (χ1v) is 6.64. The summed E-state index contributed by atoms with van der Waals surface area (Å²) in [6.45, 7) is 0. The van der Waals surface area contributed by atoms with Crippen molar-refractivity contribution in [3.63, 3.8) is 0 Å². The van der Waals surface area contributed by atoms with E-state index in [0.29, 0.717) is 0 Å². The van der Waals surface area contributed by atoms with E-state index in [-0.39, 0.29) is 6.15 Å². The Hall–Kier alpha value is -2.78. The van der Waals surface area contributed by atoms with Crippen LogP contribution in [0.25, 0.3) is 0 Å². The SMILES string of the molecule is N.c1ccc(Nc2ccc(Nc3ccccc3)cc2)cc1. The molecule has 21 heavy (non-hydrogen) atoms. The molecule has 3 aromatic rings. The minimum Gasteiger partial charge on any atom is -0.356 e. The van der Waals surface area contributed by atoms with Crippen LogP contribution in [0.5, 0.6) is 0 Å². The second-order valence-electron chi connectivity index (χ2n) is 4.56. The maximum atomic E-state index is 3.37. The number of anilines is 4. The van der Waals surface area contributed by atoms with E-state index in [4.69, 9.17) is 0 Å². The Bertz CT molecular complexity index is 589. The first-order chi connectivity index (χ1) is 9.90. The van der Waals surface area contributed by atoms with Crippen molar-refractivity contribution in [1.82, 2.24) is 6.15 Å². The highest BCUT2D eigenvalue weighted by Crippen LogP contribution is 2.21. The fourth-order valence-electron chi connectivity index (χ4n) is 2.01. The molecule has 0 unspecified atom stereocenters. The van der Waals surface area contributed by atoms with Gasteiger partial charge in [-0.3, -0.25) is 0 Å². The van der Waals surface area contributed by atoms with Crippen molar-refractivity contribution in [3.05, 3.63) is 84.9 Å². The van der Waals surface area contributed by atoms with E-state index in [1.165, 1.54) is 0 Å². The Morgan fingerprint density at radius 2 is 0.667 bits per heavy atom. The predicted octanol–water partition coefficient (Wildman–Crippen LogP) is 5.34. The largest absolute Gasteiger partial charge is 0.356 e. The van der Waals surface area contributed by atoms with Gasteiger partial charge in [-0.25, -0.2) is 0 Å². The van der Waals surface area contributed by atoms with Gasteiger partial charge in [0, 0.05) is 22.7 Å². The van der Waals surface area contributed by atoms with Crippen LogP contribution in [0, 0.1) is 0 Å². The van der Waals surface area contributed by atoms with Gasteiger partial charge in [0.1, 0.15) is 0 Å². The quantitative estimate of drug-likeness (QED) is 0.603. The van der Waals surface area contributed by atoms with E-state index in [0.717, 1.165) is 22.7 Å². The average Bonchev–Trinajstić information content (AvgIpc) is 2.51. The summed E-state index contributed by atoms with van der Waals surface area (Å²) in [5.74, 6) is 0. The van der Waals surface area contributed by atoms with Crippen LogP contribution in [0.3, 0.4) is 0 Å². The number of rotatable bonds is 4. The topological polar surface area (TPSA) is 59.1 Å². The first kappa shape index (κ1) is 14.6. The van der Waals surface area contributed by atoms with Gasteiger partial charge >= 0.3 is 0 Å². The third-order valence-electron chi connectivity index (χ3n) is 3.01. The molecule has 0 aliphatic heterocycles. The molecule has 3 rings (SSSR count). The molecule has 5 N–H and O–H groups in total. The number of nitrogens with one attached hydrogen (secondary N) is 2. The minimum atomic E-state index is 0. The number of hydrogen-bond donors (Lipinski definition) is 3. The molecule has 0 fully saturated rings. The van der Waals surface area contributed by atoms with Crippen LogP contribution in [-0.4, -0.2) is 0 Å². The zero-order valence-corrected chi connectivity index (χ0v) is 11.8. The molecule has 0 saturated heterocycles. The van der Waals surface area contributed by atoms with Crippen LogP contribution in [0.2, 0.25) is 0 Å². The van der Waals surface area contributed by atoms with Gasteiger partial charge in [0.25, 0.3) is 0 Å². The van der Waals surface area contributed by atoms with E-state index in [9.17, 15) is 0 Å². The van der Waals surface area contributed by atoms with Crippen molar-refractivity contribution < 1.29 is 0 Å². The molecular formula is C18H19N3. The minimum absolute atomic E-state index is 0. The zero-order valence-electron chi connectivity index (χ0n) is 11.8.